The fourth-order valence-electron chi connectivity index (χ4n) is 3.98. The number of hydrogen-bond donors (Lipinski definition) is 1. The molecule has 30 heavy (non-hydrogen) atoms. The minimum atomic E-state index is -0.275. The van der Waals surface area contributed by atoms with Crippen LogP contribution in [-0.2, 0) is 18.3 Å². The van der Waals surface area contributed by atoms with Gasteiger partial charge in [-0.1, -0.05) is 0 Å². The Morgan fingerprint density at radius 3 is 2.90 bits per heavy atom. The van der Waals surface area contributed by atoms with Gasteiger partial charge in [0.15, 0.2) is 0 Å². The van der Waals surface area contributed by atoms with Gasteiger partial charge in [-0.05, 0) is 49.4 Å². The third kappa shape index (κ3) is 4.00. The Bertz CT molecular complexity index is 1130. The molecule has 0 spiro atoms. The molecule has 0 unspecified atom stereocenters. The minimum Gasteiger partial charge on any atom is -0.380 e. The Hall–Kier alpha value is -3.00. The van der Waals surface area contributed by atoms with Crippen LogP contribution in [-0.4, -0.2) is 39.5 Å². The summed E-state index contributed by atoms with van der Waals surface area (Å²) in [6, 6.07) is 6.01. The molecule has 0 radical (unpaired) electrons. The molecule has 2 heterocycles. The van der Waals surface area contributed by atoms with E-state index in [1.165, 1.54) is 22.8 Å². The zero-order valence-corrected chi connectivity index (χ0v) is 17.1. The van der Waals surface area contributed by atoms with Crippen molar-refractivity contribution in [3.8, 4) is 0 Å². The highest BCUT2D eigenvalue weighted by atomic mass is 19.1. The molecule has 8 heteroatoms. The van der Waals surface area contributed by atoms with Crippen molar-refractivity contribution in [3.63, 3.8) is 0 Å². The molecule has 0 saturated heterocycles. The first kappa shape index (κ1) is 20.3. The normalized spacial score (nSPS) is 18.4. The standard InChI is InChI=1S/C22H25FN4O3/c1-3-30-7-6-27-13-14(4-5-21(27)28)22(29)25-17-8-15(9-17)18-10-16(23)11-20-19(18)12-24-26(20)2/h4-5,10-13,15,17H,3,6-9H2,1-2H3,(H,25,29). The molecule has 1 saturated carbocycles. The summed E-state index contributed by atoms with van der Waals surface area (Å²) in [5, 5.41) is 8.20. The number of pyridine rings is 1. The van der Waals surface area contributed by atoms with E-state index >= 15 is 0 Å². The minimum absolute atomic E-state index is 0.0151. The van der Waals surface area contributed by atoms with E-state index in [2.05, 4.69) is 10.4 Å². The molecule has 1 aromatic carbocycles. The molecule has 4 rings (SSSR count). The van der Waals surface area contributed by atoms with Crippen molar-refractivity contribution >= 4 is 16.8 Å². The van der Waals surface area contributed by atoms with Crippen molar-refractivity contribution in [2.45, 2.75) is 38.3 Å². The number of hydrogen-bond acceptors (Lipinski definition) is 4. The van der Waals surface area contributed by atoms with Gasteiger partial charge in [0.2, 0.25) is 0 Å². The van der Waals surface area contributed by atoms with Gasteiger partial charge in [-0.25, -0.2) is 4.39 Å². The van der Waals surface area contributed by atoms with E-state index in [0.29, 0.717) is 25.3 Å². The summed E-state index contributed by atoms with van der Waals surface area (Å²) in [6.07, 6.45) is 4.81. The number of halogens is 1. The van der Waals surface area contributed by atoms with E-state index in [1.54, 1.807) is 30.2 Å². The molecule has 3 aromatic rings. The van der Waals surface area contributed by atoms with Crippen LogP contribution in [0.5, 0.6) is 0 Å². The lowest BCUT2D eigenvalue weighted by atomic mass is 9.75. The second-order valence-electron chi connectivity index (χ2n) is 7.68. The molecule has 0 aliphatic heterocycles. The van der Waals surface area contributed by atoms with Crippen molar-refractivity contribution in [2.24, 2.45) is 7.05 Å². The Balaban J connectivity index is 1.40. The maximum atomic E-state index is 14.0. The molecule has 2 aromatic heterocycles. The maximum Gasteiger partial charge on any atom is 0.252 e. The van der Waals surface area contributed by atoms with Gasteiger partial charge in [-0.2, -0.15) is 5.10 Å². The van der Waals surface area contributed by atoms with E-state index in [-0.39, 0.29) is 29.2 Å². The Morgan fingerprint density at radius 2 is 2.13 bits per heavy atom. The number of carbonyl (C=O) groups excluding carboxylic acids is 1. The van der Waals surface area contributed by atoms with Crippen molar-refractivity contribution in [1.29, 1.82) is 0 Å². The molecule has 7 nitrogen and oxygen atoms in total. The number of ether oxygens (including phenoxy) is 1. The van der Waals surface area contributed by atoms with Crippen LogP contribution in [0.3, 0.4) is 0 Å². The van der Waals surface area contributed by atoms with Crippen LogP contribution in [0.25, 0.3) is 10.9 Å². The molecular formula is C22H25FN4O3. The molecule has 1 N–H and O–H groups in total. The summed E-state index contributed by atoms with van der Waals surface area (Å²) in [5.74, 6) is -0.310. The smallest absolute Gasteiger partial charge is 0.252 e. The quantitative estimate of drug-likeness (QED) is 0.605. The molecule has 1 aliphatic carbocycles. The number of aryl methyl sites for hydroxylation is 1. The van der Waals surface area contributed by atoms with Crippen LogP contribution in [0.15, 0.2) is 41.5 Å². The van der Waals surface area contributed by atoms with E-state index in [1.807, 2.05) is 6.92 Å². The highest BCUT2D eigenvalue weighted by molar-refractivity contribution is 5.94. The second-order valence-corrected chi connectivity index (χ2v) is 7.68. The second kappa shape index (κ2) is 8.39. The Morgan fingerprint density at radius 1 is 1.33 bits per heavy atom. The predicted molar refractivity (Wildman–Crippen MR) is 111 cm³/mol. The van der Waals surface area contributed by atoms with Crippen molar-refractivity contribution in [2.75, 3.05) is 13.2 Å². The van der Waals surface area contributed by atoms with Crippen LogP contribution in [0, 0.1) is 5.82 Å². The van der Waals surface area contributed by atoms with Crippen molar-refractivity contribution < 1.29 is 13.9 Å². The molecule has 0 atom stereocenters. The Labute approximate surface area is 173 Å². The molecule has 158 valence electrons. The molecular weight excluding hydrogens is 387 g/mol. The van der Waals surface area contributed by atoms with E-state index < -0.39 is 0 Å². The van der Waals surface area contributed by atoms with Crippen LogP contribution in [0.1, 0.15) is 41.6 Å². The zero-order chi connectivity index (χ0) is 21.3. The van der Waals surface area contributed by atoms with Crippen LogP contribution in [0.4, 0.5) is 4.39 Å². The number of amides is 1. The van der Waals surface area contributed by atoms with Gasteiger partial charge >= 0.3 is 0 Å². The third-order valence-electron chi connectivity index (χ3n) is 5.70. The highest BCUT2D eigenvalue weighted by Gasteiger charge is 2.33. The first-order chi connectivity index (χ1) is 14.5. The summed E-state index contributed by atoms with van der Waals surface area (Å²) in [4.78, 5) is 24.6. The number of fused-ring (bicyclic) bond motifs is 1. The van der Waals surface area contributed by atoms with E-state index in [4.69, 9.17) is 4.74 Å². The molecule has 1 amide bonds. The van der Waals surface area contributed by atoms with Gasteiger partial charge in [0.25, 0.3) is 11.5 Å². The fourth-order valence-corrected chi connectivity index (χ4v) is 3.98. The summed E-state index contributed by atoms with van der Waals surface area (Å²) in [6.45, 7) is 3.29. The highest BCUT2D eigenvalue weighted by Crippen LogP contribution is 2.40. The largest absolute Gasteiger partial charge is 0.380 e. The summed E-state index contributed by atoms with van der Waals surface area (Å²) in [7, 11) is 1.79. The zero-order valence-electron chi connectivity index (χ0n) is 17.1. The van der Waals surface area contributed by atoms with Crippen LogP contribution < -0.4 is 10.9 Å². The average Bonchev–Trinajstić information content (AvgIpc) is 3.06. The SMILES string of the molecule is CCOCCn1cc(C(=O)NC2CC(c3cc(F)cc4c3cnn4C)C2)ccc1=O. The molecule has 1 fully saturated rings. The lowest BCUT2D eigenvalue weighted by molar-refractivity contribution is 0.0907. The van der Waals surface area contributed by atoms with E-state index in [0.717, 1.165) is 29.3 Å². The number of nitrogens with one attached hydrogen (secondary N) is 1. The van der Waals surface area contributed by atoms with Crippen molar-refractivity contribution in [1.82, 2.24) is 19.7 Å². The lowest BCUT2D eigenvalue weighted by Crippen LogP contribution is -2.43. The predicted octanol–water partition coefficient (Wildman–Crippen LogP) is 2.59. The average molecular weight is 412 g/mol. The van der Waals surface area contributed by atoms with Gasteiger partial charge in [-0.15, -0.1) is 0 Å². The fraction of sp³-hybridized carbons (Fsp3) is 0.409. The van der Waals surface area contributed by atoms with Gasteiger partial charge < -0.3 is 14.6 Å². The summed E-state index contributed by atoms with van der Waals surface area (Å²) < 4.78 is 22.5. The Kier molecular flexibility index (Phi) is 5.67. The van der Waals surface area contributed by atoms with Gasteiger partial charge in [0, 0.05) is 43.9 Å². The first-order valence-corrected chi connectivity index (χ1v) is 10.2. The van der Waals surface area contributed by atoms with Gasteiger partial charge in [-0.3, -0.25) is 14.3 Å². The van der Waals surface area contributed by atoms with Crippen LogP contribution in [0.2, 0.25) is 0 Å². The van der Waals surface area contributed by atoms with E-state index in [9.17, 15) is 14.0 Å². The van der Waals surface area contributed by atoms with Gasteiger partial charge in [0.1, 0.15) is 5.82 Å². The third-order valence-corrected chi connectivity index (χ3v) is 5.70. The topological polar surface area (TPSA) is 78.2 Å². The van der Waals surface area contributed by atoms with Gasteiger partial charge in [0.05, 0.1) is 23.9 Å². The lowest BCUT2D eigenvalue weighted by Gasteiger charge is -2.36. The van der Waals surface area contributed by atoms with Crippen molar-refractivity contribution in [3.05, 3.63) is 64.0 Å². The molecule has 1 aliphatic rings. The monoisotopic (exact) mass is 412 g/mol. The first-order valence-electron chi connectivity index (χ1n) is 10.2. The van der Waals surface area contributed by atoms with Crippen LogP contribution >= 0.6 is 0 Å². The number of nitrogens with zero attached hydrogens (tertiary/aromatic N) is 3. The molecule has 0 bridgehead atoms. The summed E-state index contributed by atoms with van der Waals surface area (Å²) >= 11 is 0. The number of carbonyl (C=O) groups is 1. The number of rotatable bonds is 7. The summed E-state index contributed by atoms with van der Waals surface area (Å²) in [5.41, 5.74) is 1.98. The number of benzene rings is 1. The number of aromatic nitrogens is 3. The maximum absolute atomic E-state index is 14.0.